The Labute approximate surface area is 192 Å². The highest BCUT2D eigenvalue weighted by Gasteiger charge is 2.32. The Balaban J connectivity index is 2.17. The summed E-state index contributed by atoms with van der Waals surface area (Å²) >= 11 is 6.23. The third kappa shape index (κ3) is 6.75. The first-order valence-electron chi connectivity index (χ1n) is 9.32. The zero-order valence-corrected chi connectivity index (χ0v) is 18.0. The molecule has 0 bridgehead atoms. The Morgan fingerprint density at radius 1 is 1.33 bits per heavy atom. The first kappa shape index (κ1) is 26.3. The van der Waals surface area contributed by atoms with E-state index in [1.165, 1.54) is 13.0 Å². The lowest BCUT2D eigenvalue weighted by molar-refractivity contribution is -0.274. The smallest absolute Gasteiger partial charge is 0.488 e. The van der Waals surface area contributed by atoms with Crippen molar-refractivity contribution in [1.82, 2.24) is 5.32 Å². The molecule has 2 aromatic rings. The van der Waals surface area contributed by atoms with Gasteiger partial charge in [-0.05, 0) is 53.8 Å². The first-order valence-corrected chi connectivity index (χ1v) is 9.69. The number of nitrogens with one attached hydrogen (secondary N) is 1. The molecule has 1 amide bonds. The predicted octanol–water partition coefficient (Wildman–Crippen LogP) is 1.52. The van der Waals surface area contributed by atoms with Crippen molar-refractivity contribution < 1.29 is 37.6 Å². The van der Waals surface area contributed by atoms with Crippen LogP contribution in [-0.4, -0.2) is 42.0 Å². The van der Waals surface area contributed by atoms with E-state index in [0.29, 0.717) is 18.6 Å². The zero-order valence-electron chi connectivity index (χ0n) is 17.2. The molecule has 0 saturated heterocycles. The summed E-state index contributed by atoms with van der Waals surface area (Å²) in [5.74, 6) is -1.19. The van der Waals surface area contributed by atoms with Gasteiger partial charge in [-0.3, -0.25) is 4.79 Å². The van der Waals surface area contributed by atoms with E-state index in [9.17, 15) is 33.4 Å². The van der Waals surface area contributed by atoms with Crippen molar-refractivity contribution in [1.29, 1.82) is 5.26 Å². The van der Waals surface area contributed by atoms with Crippen LogP contribution in [0.3, 0.4) is 0 Å². The molecule has 0 saturated carbocycles. The van der Waals surface area contributed by atoms with Crippen molar-refractivity contribution in [3.63, 3.8) is 0 Å². The van der Waals surface area contributed by atoms with Crippen molar-refractivity contribution in [2.24, 2.45) is 5.73 Å². The summed E-state index contributed by atoms with van der Waals surface area (Å²) in [6.45, 7) is 0.560. The highest BCUT2D eigenvalue weighted by atomic mass is 35.5. The highest BCUT2D eigenvalue weighted by molar-refractivity contribution is 6.54. The van der Waals surface area contributed by atoms with E-state index in [0.717, 1.165) is 24.3 Å². The second-order valence-corrected chi connectivity index (χ2v) is 7.37. The summed E-state index contributed by atoms with van der Waals surface area (Å²) in [6.07, 6.45) is -4.87. The molecule has 2 aromatic carbocycles. The molecule has 175 valence electrons. The minimum atomic E-state index is -4.87. The molecule has 0 aromatic heterocycles. The average Bonchev–Trinajstić information content (AvgIpc) is 2.77. The van der Waals surface area contributed by atoms with E-state index in [1.54, 1.807) is 0 Å². The molecule has 0 fully saturated rings. The van der Waals surface area contributed by atoms with Crippen LogP contribution < -0.4 is 26.0 Å². The molecule has 1 radical (unpaired) electrons. The topological polar surface area (TPSA) is 138 Å². The molecule has 1 unspecified atom stereocenters. The Bertz CT molecular complexity index is 1050. The molecule has 0 spiro atoms. The maximum Gasteiger partial charge on any atom is 0.573 e. The molecular formula is C20H19BClF3N3O5. The predicted molar refractivity (Wildman–Crippen MR) is 113 cm³/mol. The number of alkyl halides is 3. The second kappa shape index (κ2) is 10.8. The van der Waals surface area contributed by atoms with Gasteiger partial charge in [0.15, 0.2) is 5.54 Å². The number of nitrogens with zero attached hydrogens (tertiary/aromatic N) is 1. The third-order valence-electron chi connectivity index (χ3n) is 4.48. The molecule has 1 atom stereocenters. The van der Waals surface area contributed by atoms with E-state index in [2.05, 4.69) is 10.1 Å². The van der Waals surface area contributed by atoms with Gasteiger partial charge in [-0.1, -0.05) is 11.6 Å². The number of hydrogen-bond donors (Lipinski definition) is 4. The molecule has 13 heteroatoms. The summed E-state index contributed by atoms with van der Waals surface area (Å²) in [5.41, 5.74) is 4.94. The van der Waals surface area contributed by atoms with Crippen LogP contribution in [0, 0.1) is 11.3 Å². The van der Waals surface area contributed by atoms with Gasteiger partial charge in [0.25, 0.3) is 5.91 Å². The van der Waals surface area contributed by atoms with Gasteiger partial charge >= 0.3 is 13.8 Å². The van der Waals surface area contributed by atoms with Gasteiger partial charge in [0, 0.05) is 12.1 Å². The largest absolute Gasteiger partial charge is 0.573 e. The van der Waals surface area contributed by atoms with Crippen LogP contribution in [0.5, 0.6) is 11.5 Å². The van der Waals surface area contributed by atoms with Crippen molar-refractivity contribution >= 4 is 30.5 Å². The molecule has 0 heterocycles. The lowest BCUT2D eigenvalue weighted by Crippen LogP contribution is -2.49. The summed E-state index contributed by atoms with van der Waals surface area (Å²) in [4.78, 5) is 12.5. The number of aliphatic hydroxyl groups is 1. The molecule has 0 aliphatic rings. The van der Waals surface area contributed by atoms with Gasteiger partial charge in [0.2, 0.25) is 0 Å². The number of benzene rings is 2. The van der Waals surface area contributed by atoms with Crippen LogP contribution >= 0.6 is 11.6 Å². The molecule has 8 nitrogen and oxygen atoms in total. The quantitative estimate of drug-likeness (QED) is 0.396. The maximum atomic E-state index is 12.5. The van der Waals surface area contributed by atoms with Crippen LogP contribution in [0.4, 0.5) is 13.2 Å². The fourth-order valence-corrected chi connectivity index (χ4v) is 3.08. The van der Waals surface area contributed by atoms with Gasteiger partial charge in [-0.25, -0.2) is 0 Å². The van der Waals surface area contributed by atoms with E-state index >= 15 is 0 Å². The number of hydrogen-bond acceptors (Lipinski definition) is 7. The summed E-state index contributed by atoms with van der Waals surface area (Å²) in [6, 6.07) is 7.48. The van der Waals surface area contributed by atoms with Crippen LogP contribution in [0.2, 0.25) is 5.02 Å². The van der Waals surface area contributed by atoms with Crippen LogP contribution in [0.25, 0.3) is 0 Å². The maximum absolute atomic E-state index is 12.5. The van der Waals surface area contributed by atoms with Crippen LogP contribution in [0.15, 0.2) is 30.3 Å². The zero-order chi connectivity index (χ0) is 24.8. The van der Waals surface area contributed by atoms with Gasteiger partial charge < -0.3 is 30.7 Å². The number of aliphatic hydroxyl groups excluding tert-OH is 1. The van der Waals surface area contributed by atoms with E-state index < -0.39 is 30.2 Å². The minimum Gasteiger partial charge on any atom is -0.488 e. The number of halogens is 4. The molecular weight excluding hydrogens is 465 g/mol. The Kier molecular flexibility index (Phi) is 8.57. The fourth-order valence-electron chi connectivity index (χ4n) is 2.80. The normalized spacial score (nSPS) is 12.9. The van der Waals surface area contributed by atoms with Crippen LogP contribution in [0.1, 0.15) is 28.4 Å². The number of rotatable bonds is 9. The highest BCUT2D eigenvalue weighted by Crippen LogP contribution is 2.28. The van der Waals surface area contributed by atoms with E-state index in [1.807, 2.05) is 6.07 Å². The Hall–Kier alpha value is -2.98. The number of ether oxygens (including phenoxy) is 2. The van der Waals surface area contributed by atoms with Crippen molar-refractivity contribution in [3.8, 4) is 17.6 Å². The van der Waals surface area contributed by atoms with Gasteiger partial charge in [0.1, 0.15) is 18.1 Å². The molecule has 33 heavy (non-hydrogen) atoms. The summed E-state index contributed by atoms with van der Waals surface area (Å²) < 4.78 is 46.1. The molecule has 5 N–H and O–H groups in total. The Morgan fingerprint density at radius 2 is 1.97 bits per heavy atom. The first-order chi connectivity index (χ1) is 15.5. The van der Waals surface area contributed by atoms with E-state index in [4.69, 9.17) is 22.1 Å². The Morgan fingerprint density at radius 3 is 2.45 bits per heavy atom. The van der Waals surface area contributed by atoms with Gasteiger partial charge in [0.05, 0.1) is 17.7 Å². The minimum absolute atomic E-state index is 0.00453. The summed E-state index contributed by atoms with van der Waals surface area (Å²) in [5, 5.41) is 31.0. The number of nitrogens with two attached hydrogens (primary N) is 1. The van der Waals surface area contributed by atoms with E-state index in [-0.39, 0.29) is 35.0 Å². The molecule has 0 aliphatic carbocycles. The fraction of sp³-hybridized carbons (Fsp3) is 0.300. The van der Waals surface area contributed by atoms with Crippen molar-refractivity contribution in [2.45, 2.75) is 32.0 Å². The van der Waals surface area contributed by atoms with Crippen molar-refractivity contribution in [2.75, 3.05) is 6.61 Å². The van der Waals surface area contributed by atoms with Crippen molar-refractivity contribution in [3.05, 3.63) is 52.0 Å². The second-order valence-electron chi connectivity index (χ2n) is 6.99. The third-order valence-corrected chi connectivity index (χ3v) is 4.87. The summed E-state index contributed by atoms with van der Waals surface area (Å²) in [7, 11) is 0.692. The molecule has 0 aliphatic heterocycles. The average molecular weight is 485 g/mol. The SMILES string of the molecule is CC(C#N)(COc1cc(CN)c(CO)c([B]O)c1Cl)NC(=O)c1ccc(OC(F)(F)F)cc1. The standard InChI is InChI=1S/C20H19BClF3N3O5/c1-19(9-27,28-18(30)11-2-4-13(5-3-11)33-20(23,24)25)10-32-15-6-12(7-26)14(8-29)16(21-31)17(15)22/h2-6,29,31H,7-8,10,26H2,1H3,(H,28,30). The van der Waals surface area contributed by atoms with Gasteiger partial charge in [-0.2, -0.15) is 5.26 Å². The monoisotopic (exact) mass is 484 g/mol. The molecule has 2 rings (SSSR count). The lowest BCUT2D eigenvalue weighted by Gasteiger charge is -2.25. The number of carbonyl (C=O) groups is 1. The lowest BCUT2D eigenvalue weighted by atomic mass is 9.82. The number of nitriles is 1. The number of amides is 1. The van der Waals surface area contributed by atoms with Crippen LogP contribution in [-0.2, 0) is 13.2 Å². The van der Waals surface area contributed by atoms with Gasteiger partial charge in [-0.15, -0.1) is 13.2 Å². The number of carbonyl (C=O) groups excluding carboxylic acids is 1.